The lowest BCUT2D eigenvalue weighted by atomic mass is 10.3. The molecule has 1 rings (SSSR count). The van der Waals surface area contributed by atoms with Crippen LogP contribution in [0.15, 0.2) is 24.3 Å². The number of anilines is 1. The summed E-state index contributed by atoms with van der Waals surface area (Å²) in [7, 11) is -3.42. The van der Waals surface area contributed by atoms with E-state index < -0.39 is 22.0 Å². The Morgan fingerprint density at radius 2 is 2.06 bits per heavy atom. The van der Waals surface area contributed by atoms with Crippen LogP contribution in [0.5, 0.6) is 0 Å². The number of carbonyl (C=O) groups is 1. The quantitative estimate of drug-likeness (QED) is 0.698. The molecule has 0 bridgehead atoms. The van der Waals surface area contributed by atoms with Crippen LogP contribution in [0.2, 0.25) is 5.02 Å². The molecule has 0 fully saturated rings. The monoisotopic (exact) mass is 291 g/mol. The van der Waals surface area contributed by atoms with Crippen molar-refractivity contribution in [3.05, 3.63) is 29.3 Å². The van der Waals surface area contributed by atoms with E-state index in [1.54, 1.807) is 24.3 Å². The summed E-state index contributed by atoms with van der Waals surface area (Å²) in [4.78, 5) is 11.5. The normalized spacial score (nSPS) is 12.8. The van der Waals surface area contributed by atoms with Crippen molar-refractivity contribution in [3.63, 3.8) is 0 Å². The van der Waals surface area contributed by atoms with Crippen molar-refractivity contribution in [3.8, 4) is 0 Å². The summed E-state index contributed by atoms with van der Waals surface area (Å²) in [6, 6.07) is 5.88. The molecule has 0 heterocycles. The molecule has 0 spiro atoms. The Balaban J connectivity index is 2.51. The van der Waals surface area contributed by atoms with Gasteiger partial charge in [0.25, 0.3) is 5.91 Å². The van der Waals surface area contributed by atoms with E-state index in [1.165, 1.54) is 6.92 Å². The van der Waals surface area contributed by atoms with E-state index in [2.05, 4.69) is 15.6 Å². The van der Waals surface area contributed by atoms with Gasteiger partial charge in [-0.15, -0.1) is 0 Å². The van der Waals surface area contributed by atoms with E-state index in [4.69, 9.17) is 11.6 Å². The SMILES string of the molecule is CC(NS(C)(=O)=O)C(=O)NNc1cccc(Cl)c1. The van der Waals surface area contributed by atoms with Gasteiger partial charge in [0, 0.05) is 5.02 Å². The number of rotatable bonds is 5. The molecule has 3 N–H and O–H groups in total. The minimum absolute atomic E-state index is 0.500. The summed E-state index contributed by atoms with van der Waals surface area (Å²) in [5.41, 5.74) is 5.61. The van der Waals surface area contributed by atoms with Crippen LogP contribution in [-0.2, 0) is 14.8 Å². The van der Waals surface area contributed by atoms with Crippen molar-refractivity contribution in [2.45, 2.75) is 13.0 Å². The van der Waals surface area contributed by atoms with E-state index in [1.807, 2.05) is 0 Å². The highest BCUT2D eigenvalue weighted by Gasteiger charge is 2.16. The molecule has 100 valence electrons. The molecule has 1 aromatic carbocycles. The Morgan fingerprint density at radius 1 is 1.39 bits per heavy atom. The zero-order chi connectivity index (χ0) is 13.8. The smallest absolute Gasteiger partial charge is 0.256 e. The molecule has 0 aliphatic heterocycles. The van der Waals surface area contributed by atoms with E-state index in [9.17, 15) is 13.2 Å². The Bertz CT molecular complexity index is 533. The minimum Gasteiger partial charge on any atom is -0.299 e. The topological polar surface area (TPSA) is 87.3 Å². The summed E-state index contributed by atoms with van der Waals surface area (Å²) < 4.78 is 24.0. The zero-order valence-electron chi connectivity index (χ0n) is 9.90. The summed E-state index contributed by atoms with van der Waals surface area (Å²) >= 11 is 5.77. The van der Waals surface area contributed by atoms with Crippen molar-refractivity contribution in [1.82, 2.24) is 10.1 Å². The summed E-state index contributed by atoms with van der Waals surface area (Å²) in [5, 5.41) is 0.525. The van der Waals surface area contributed by atoms with E-state index in [0.29, 0.717) is 10.7 Å². The first-order valence-corrected chi connectivity index (χ1v) is 7.33. The molecule has 1 aromatic rings. The molecular weight excluding hydrogens is 278 g/mol. The molecule has 18 heavy (non-hydrogen) atoms. The van der Waals surface area contributed by atoms with Gasteiger partial charge >= 0.3 is 0 Å². The van der Waals surface area contributed by atoms with E-state index >= 15 is 0 Å². The zero-order valence-corrected chi connectivity index (χ0v) is 11.5. The second-order valence-electron chi connectivity index (χ2n) is 3.74. The van der Waals surface area contributed by atoms with Gasteiger partial charge in [-0.05, 0) is 25.1 Å². The fourth-order valence-electron chi connectivity index (χ4n) is 1.18. The first-order chi connectivity index (χ1) is 8.28. The van der Waals surface area contributed by atoms with Crippen molar-refractivity contribution < 1.29 is 13.2 Å². The van der Waals surface area contributed by atoms with Crippen LogP contribution in [0.25, 0.3) is 0 Å². The van der Waals surface area contributed by atoms with Gasteiger partial charge < -0.3 is 0 Å². The van der Waals surface area contributed by atoms with Gasteiger partial charge in [0.1, 0.15) is 0 Å². The maximum Gasteiger partial charge on any atom is 0.256 e. The van der Waals surface area contributed by atoms with Gasteiger partial charge in [0.05, 0.1) is 18.0 Å². The van der Waals surface area contributed by atoms with Crippen molar-refractivity contribution in [2.24, 2.45) is 0 Å². The first-order valence-electron chi connectivity index (χ1n) is 5.06. The molecule has 6 nitrogen and oxygen atoms in total. The van der Waals surface area contributed by atoms with Crippen LogP contribution in [0, 0.1) is 0 Å². The second-order valence-corrected chi connectivity index (χ2v) is 5.95. The predicted octanol–water partition coefficient (Wildman–Crippen LogP) is 0.721. The van der Waals surface area contributed by atoms with Crippen LogP contribution in [0.3, 0.4) is 0 Å². The molecule has 0 aromatic heterocycles. The fraction of sp³-hybridized carbons (Fsp3) is 0.300. The van der Waals surface area contributed by atoms with Gasteiger partial charge in [-0.1, -0.05) is 17.7 Å². The lowest BCUT2D eigenvalue weighted by Crippen LogP contribution is -2.46. The number of amides is 1. The van der Waals surface area contributed by atoms with Gasteiger partial charge in [0.15, 0.2) is 0 Å². The average molecular weight is 292 g/mol. The minimum atomic E-state index is -3.42. The number of carbonyl (C=O) groups excluding carboxylic acids is 1. The standard InChI is InChI=1S/C10H14ClN3O3S/c1-7(14-18(2,16)17)10(15)13-12-9-5-3-4-8(11)6-9/h3-7,12,14H,1-2H3,(H,13,15). The largest absolute Gasteiger partial charge is 0.299 e. The van der Waals surface area contributed by atoms with Gasteiger partial charge in [0.2, 0.25) is 10.0 Å². The van der Waals surface area contributed by atoms with Gasteiger partial charge in [-0.25, -0.2) is 13.1 Å². The maximum atomic E-state index is 11.5. The van der Waals surface area contributed by atoms with Crippen LogP contribution in [-0.4, -0.2) is 26.6 Å². The molecule has 1 atom stereocenters. The maximum absolute atomic E-state index is 11.5. The second kappa shape index (κ2) is 6.03. The highest BCUT2D eigenvalue weighted by Crippen LogP contribution is 2.13. The number of benzene rings is 1. The van der Waals surface area contributed by atoms with Crippen LogP contribution in [0.1, 0.15) is 6.92 Å². The molecule has 0 radical (unpaired) electrons. The number of hydrogen-bond donors (Lipinski definition) is 3. The van der Waals surface area contributed by atoms with Crippen molar-refractivity contribution >= 4 is 33.2 Å². The molecule has 0 aliphatic carbocycles. The number of nitrogens with one attached hydrogen (secondary N) is 3. The molecule has 0 saturated heterocycles. The summed E-state index contributed by atoms with van der Waals surface area (Å²) in [5.74, 6) is -0.500. The fourth-order valence-corrected chi connectivity index (χ4v) is 2.12. The molecule has 8 heteroatoms. The predicted molar refractivity (Wildman–Crippen MR) is 70.7 cm³/mol. The first kappa shape index (κ1) is 14.7. The van der Waals surface area contributed by atoms with Crippen LogP contribution in [0.4, 0.5) is 5.69 Å². The third kappa shape index (κ3) is 5.35. The highest BCUT2D eigenvalue weighted by molar-refractivity contribution is 7.88. The summed E-state index contributed by atoms with van der Waals surface area (Å²) in [6.07, 6.45) is 0.987. The molecule has 1 unspecified atom stereocenters. The van der Waals surface area contributed by atoms with Gasteiger partial charge in [-0.2, -0.15) is 0 Å². The number of hydrogen-bond acceptors (Lipinski definition) is 4. The Hall–Kier alpha value is -1.31. The number of sulfonamides is 1. The molecule has 0 aliphatic rings. The van der Waals surface area contributed by atoms with Crippen molar-refractivity contribution in [2.75, 3.05) is 11.7 Å². The lowest BCUT2D eigenvalue weighted by molar-refractivity contribution is -0.121. The van der Waals surface area contributed by atoms with Crippen molar-refractivity contribution in [1.29, 1.82) is 0 Å². The van der Waals surface area contributed by atoms with Crippen LogP contribution >= 0.6 is 11.6 Å². The third-order valence-electron chi connectivity index (χ3n) is 1.94. The lowest BCUT2D eigenvalue weighted by Gasteiger charge is -2.14. The Labute approximate surface area is 111 Å². The third-order valence-corrected chi connectivity index (χ3v) is 2.96. The van der Waals surface area contributed by atoms with Crippen LogP contribution < -0.4 is 15.6 Å². The Morgan fingerprint density at radius 3 is 2.61 bits per heavy atom. The number of halogens is 1. The average Bonchev–Trinajstić information content (AvgIpc) is 2.23. The summed E-state index contributed by atoms with van der Waals surface area (Å²) in [6.45, 7) is 1.44. The highest BCUT2D eigenvalue weighted by atomic mass is 35.5. The molecule has 0 saturated carbocycles. The molecule has 1 amide bonds. The van der Waals surface area contributed by atoms with E-state index in [-0.39, 0.29) is 0 Å². The Kier molecular flexibility index (Phi) is 4.94. The molecular formula is C10H14ClN3O3S. The number of hydrazine groups is 1. The van der Waals surface area contributed by atoms with E-state index in [0.717, 1.165) is 6.26 Å². The van der Waals surface area contributed by atoms with Gasteiger partial charge in [-0.3, -0.25) is 15.6 Å².